The van der Waals surface area contributed by atoms with Gasteiger partial charge in [-0.15, -0.1) is 0 Å². The Hall–Kier alpha value is -1.85. The number of nitrogens with zero attached hydrogens (tertiary/aromatic N) is 1. The van der Waals surface area contributed by atoms with Gasteiger partial charge in [-0.2, -0.15) is 0 Å². The van der Waals surface area contributed by atoms with E-state index in [0.717, 1.165) is 21.4 Å². The van der Waals surface area contributed by atoms with Gasteiger partial charge in [-0.25, -0.2) is 0 Å². The van der Waals surface area contributed by atoms with Crippen LogP contribution in [0.5, 0.6) is 0 Å². The zero-order valence-corrected chi connectivity index (χ0v) is 13.4. The van der Waals surface area contributed by atoms with E-state index in [0.29, 0.717) is 13.1 Å². The maximum atomic E-state index is 12.0. The van der Waals surface area contributed by atoms with Crippen LogP contribution in [0.15, 0.2) is 53.0 Å². The number of hydrogen-bond donors (Lipinski definition) is 2. The molecule has 0 atom stereocenters. The fourth-order valence-corrected chi connectivity index (χ4v) is 2.44. The number of hydrogen-bond acceptors (Lipinski definition) is 3. The lowest BCUT2D eigenvalue weighted by Crippen LogP contribution is -2.30. The first-order chi connectivity index (χ1) is 10.0. The fourth-order valence-electron chi connectivity index (χ4n) is 2.04. The molecule has 0 unspecified atom stereocenters. The minimum Gasteiger partial charge on any atom is -0.398 e. The molecular formula is C16H18BrN3O. The summed E-state index contributed by atoms with van der Waals surface area (Å²) in [6, 6.07) is 15.2. The lowest BCUT2D eigenvalue weighted by Gasteiger charge is -2.17. The van der Waals surface area contributed by atoms with E-state index in [-0.39, 0.29) is 5.91 Å². The molecule has 0 aromatic heterocycles. The van der Waals surface area contributed by atoms with Crippen LogP contribution in [0.2, 0.25) is 0 Å². The molecule has 0 radical (unpaired) electrons. The Morgan fingerprint density at radius 2 is 2.00 bits per heavy atom. The third-order valence-electron chi connectivity index (χ3n) is 3.02. The lowest BCUT2D eigenvalue weighted by molar-refractivity contribution is -0.117. The minimum atomic E-state index is -0.0508. The first kappa shape index (κ1) is 15.5. The van der Waals surface area contributed by atoms with Crippen LogP contribution in [0, 0.1) is 0 Å². The highest BCUT2D eigenvalue weighted by atomic mass is 79.9. The second kappa shape index (κ2) is 7.24. The number of anilines is 2. The van der Waals surface area contributed by atoms with Gasteiger partial charge in [-0.3, -0.25) is 9.69 Å². The Morgan fingerprint density at radius 3 is 2.71 bits per heavy atom. The van der Waals surface area contributed by atoms with Crippen molar-refractivity contribution in [2.45, 2.75) is 6.54 Å². The van der Waals surface area contributed by atoms with E-state index in [1.54, 1.807) is 0 Å². The number of para-hydroxylation sites is 1. The number of nitrogens with one attached hydrogen (secondary N) is 1. The van der Waals surface area contributed by atoms with E-state index in [1.165, 1.54) is 0 Å². The van der Waals surface area contributed by atoms with Gasteiger partial charge in [0.05, 0.1) is 6.54 Å². The van der Waals surface area contributed by atoms with Gasteiger partial charge < -0.3 is 11.1 Å². The molecule has 0 bridgehead atoms. The Kier molecular flexibility index (Phi) is 5.36. The van der Waals surface area contributed by atoms with Crippen molar-refractivity contribution in [2.75, 3.05) is 24.6 Å². The first-order valence-corrected chi connectivity index (χ1v) is 7.41. The normalized spacial score (nSPS) is 10.6. The van der Waals surface area contributed by atoms with Crippen molar-refractivity contribution < 1.29 is 4.79 Å². The van der Waals surface area contributed by atoms with Crippen molar-refractivity contribution in [2.24, 2.45) is 0 Å². The summed E-state index contributed by atoms with van der Waals surface area (Å²) in [6.07, 6.45) is 0. The molecule has 4 nitrogen and oxygen atoms in total. The first-order valence-electron chi connectivity index (χ1n) is 6.62. The number of nitrogen functional groups attached to an aromatic ring is 1. The molecule has 2 aromatic carbocycles. The van der Waals surface area contributed by atoms with Gasteiger partial charge in [0.25, 0.3) is 0 Å². The van der Waals surface area contributed by atoms with Crippen molar-refractivity contribution >= 4 is 33.2 Å². The molecule has 0 saturated carbocycles. The molecule has 110 valence electrons. The molecule has 0 fully saturated rings. The Morgan fingerprint density at radius 1 is 1.24 bits per heavy atom. The molecule has 0 spiro atoms. The van der Waals surface area contributed by atoms with Crippen LogP contribution in [0.4, 0.5) is 11.4 Å². The lowest BCUT2D eigenvalue weighted by atomic mass is 10.2. The van der Waals surface area contributed by atoms with E-state index in [4.69, 9.17) is 5.73 Å². The van der Waals surface area contributed by atoms with Crippen molar-refractivity contribution in [1.29, 1.82) is 0 Å². The number of benzene rings is 2. The number of nitrogens with two attached hydrogens (primary N) is 1. The number of halogens is 1. The summed E-state index contributed by atoms with van der Waals surface area (Å²) in [5, 5.41) is 2.87. The second-order valence-corrected chi connectivity index (χ2v) is 5.85. The molecule has 2 aromatic rings. The molecule has 0 aliphatic rings. The monoisotopic (exact) mass is 347 g/mol. The Labute approximate surface area is 133 Å². The van der Waals surface area contributed by atoms with E-state index in [1.807, 2.05) is 60.5 Å². The summed E-state index contributed by atoms with van der Waals surface area (Å²) >= 11 is 3.38. The van der Waals surface area contributed by atoms with E-state index in [2.05, 4.69) is 21.2 Å². The van der Waals surface area contributed by atoms with Crippen LogP contribution < -0.4 is 11.1 Å². The van der Waals surface area contributed by atoms with Crippen LogP contribution in [0.3, 0.4) is 0 Å². The van der Waals surface area contributed by atoms with Crippen molar-refractivity contribution in [3.05, 3.63) is 58.6 Å². The number of carbonyl (C=O) groups is 1. The summed E-state index contributed by atoms with van der Waals surface area (Å²) in [7, 11) is 1.90. The summed E-state index contributed by atoms with van der Waals surface area (Å²) < 4.78 is 0.936. The molecule has 1 amide bonds. The number of amides is 1. The number of rotatable bonds is 5. The van der Waals surface area contributed by atoms with E-state index in [9.17, 15) is 4.79 Å². The molecular weight excluding hydrogens is 330 g/mol. The van der Waals surface area contributed by atoms with Crippen LogP contribution in [-0.4, -0.2) is 24.4 Å². The third-order valence-corrected chi connectivity index (χ3v) is 3.51. The van der Waals surface area contributed by atoms with Gasteiger partial charge in [-0.05, 0) is 36.9 Å². The summed E-state index contributed by atoms with van der Waals surface area (Å²) in [5.74, 6) is -0.0508. The average Bonchev–Trinajstić information content (AvgIpc) is 2.41. The van der Waals surface area contributed by atoms with Crippen LogP contribution in [0.1, 0.15) is 5.56 Å². The van der Waals surface area contributed by atoms with Gasteiger partial charge in [0.1, 0.15) is 0 Å². The van der Waals surface area contributed by atoms with Gasteiger partial charge in [0.2, 0.25) is 5.91 Å². The maximum Gasteiger partial charge on any atom is 0.238 e. The van der Waals surface area contributed by atoms with Gasteiger partial charge in [0.15, 0.2) is 0 Å². The topological polar surface area (TPSA) is 58.4 Å². The standard InChI is InChI=1S/C16H18BrN3O/c1-20(10-12-5-2-3-8-15(12)18)11-16(21)19-14-7-4-6-13(17)9-14/h2-9H,10-11,18H2,1H3,(H,19,21). The van der Waals surface area contributed by atoms with Crippen LogP contribution in [0.25, 0.3) is 0 Å². The van der Waals surface area contributed by atoms with E-state index >= 15 is 0 Å². The van der Waals surface area contributed by atoms with Crippen molar-refractivity contribution in [3.8, 4) is 0 Å². The van der Waals surface area contributed by atoms with Gasteiger partial charge in [0, 0.05) is 22.4 Å². The van der Waals surface area contributed by atoms with Crippen molar-refractivity contribution in [3.63, 3.8) is 0 Å². The maximum absolute atomic E-state index is 12.0. The predicted molar refractivity (Wildman–Crippen MR) is 90.0 cm³/mol. The molecule has 0 aliphatic heterocycles. The minimum absolute atomic E-state index is 0.0508. The quantitative estimate of drug-likeness (QED) is 0.817. The Balaban J connectivity index is 1.89. The second-order valence-electron chi connectivity index (χ2n) is 4.93. The van der Waals surface area contributed by atoms with Gasteiger partial charge >= 0.3 is 0 Å². The summed E-state index contributed by atoms with van der Waals surface area (Å²) in [4.78, 5) is 13.9. The zero-order chi connectivity index (χ0) is 15.2. The molecule has 21 heavy (non-hydrogen) atoms. The van der Waals surface area contributed by atoms with E-state index < -0.39 is 0 Å². The Bertz CT molecular complexity index is 630. The number of likely N-dealkylation sites (N-methyl/N-ethyl adjacent to an activating group) is 1. The molecule has 0 aliphatic carbocycles. The smallest absolute Gasteiger partial charge is 0.238 e. The summed E-state index contributed by atoms with van der Waals surface area (Å²) in [6.45, 7) is 0.944. The van der Waals surface area contributed by atoms with Crippen LogP contribution in [-0.2, 0) is 11.3 Å². The van der Waals surface area contributed by atoms with Crippen LogP contribution >= 0.6 is 15.9 Å². The highest BCUT2D eigenvalue weighted by Crippen LogP contribution is 2.16. The van der Waals surface area contributed by atoms with Gasteiger partial charge in [-0.1, -0.05) is 40.2 Å². The predicted octanol–water partition coefficient (Wildman–Crippen LogP) is 3.10. The fraction of sp³-hybridized carbons (Fsp3) is 0.188. The molecule has 0 saturated heterocycles. The SMILES string of the molecule is CN(CC(=O)Nc1cccc(Br)c1)Cc1ccccc1N. The highest BCUT2D eigenvalue weighted by Gasteiger charge is 2.09. The molecule has 3 N–H and O–H groups in total. The van der Waals surface area contributed by atoms with Crippen molar-refractivity contribution in [1.82, 2.24) is 4.90 Å². The number of carbonyl (C=O) groups excluding carboxylic acids is 1. The molecule has 5 heteroatoms. The largest absolute Gasteiger partial charge is 0.398 e. The zero-order valence-electron chi connectivity index (χ0n) is 11.8. The molecule has 0 heterocycles. The summed E-state index contributed by atoms with van der Waals surface area (Å²) in [5.41, 5.74) is 8.46. The highest BCUT2D eigenvalue weighted by molar-refractivity contribution is 9.10. The molecule has 2 rings (SSSR count). The third kappa shape index (κ3) is 4.88. The average molecular weight is 348 g/mol.